The molecule has 18 heavy (non-hydrogen) atoms. The number of hydrogen-bond donors (Lipinski definition) is 1. The maximum Gasteiger partial charge on any atom is 0.335 e. The second-order valence-corrected chi connectivity index (χ2v) is 4.43. The molecule has 0 bridgehead atoms. The molecule has 5 nitrogen and oxygen atoms in total. The normalized spacial score (nSPS) is 19.4. The number of carboxylic acid groups (broad SMARTS) is 1. The molecule has 0 spiro atoms. The van der Waals surface area contributed by atoms with Gasteiger partial charge in [-0.15, -0.1) is 0 Å². The Morgan fingerprint density at radius 3 is 2.72 bits per heavy atom. The Bertz CT molecular complexity index is 523. The second-order valence-electron chi connectivity index (χ2n) is 4.43. The van der Waals surface area contributed by atoms with Crippen molar-refractivity contribution < 1.29 is 19.5 Å². The monoisotopic (exact) mass is 247 g/mol. The van der Waals surface area contributed by atoms with Crippen LogP contribution in [0.4, 0.5) is 0 Å². The first-order valence-corrected chi connectivity index (χ1v) is 5.65. The molecular weight excluding hydrogens is 234 g/mol. The van der Waals surface area contributed by atoms with Crippen molar-refractivity contribution in [1.29, 1.82) is 0 Å². The van der Waals surface area contributed by atoms with Crippen molar-refractivity contribution in [2.45, 2.75) is 19.9 Å². The summed E-state index contributed by atoms with van der Waals surface area (Å²) in [6.45, 7) is 1.86. The summed E-state index contributed by atoms with van der Waals surface area (Å²) in [7, 11) is 0. The predicted molar refractivity (Wildman–Crippen MR) is 62.7 cm³/mol. The summed E-state index contributed by atoms with van der Waals surface area (Å²) in [5, 5.41) is 8.87. The van der Waals surface area contributed by atoms with Crippen molar-refractivity contribution in [3.63, 3.8) is 0 Å². The van der Waals surface area contributed by atoms with Crippen LogP contribution in [0.1, 0.15) is 29.3 Å². The molecule has 5 heteroatoms. The molecule has 1 aromatic rings. The van der Waals surface area contributed by atoms with Crippen molar-refractivity contribution >= 4 is 17.8 Å². The largest absolute Gasteiger partial charge is 0.478 e. The molecule has 0 saturated carbocycles. The van der Waals surface area contributed by atoms with Gasteiger partial charge in [-0.3, -0.25) is 14.5 Å². The first-order chi connectivity index (χ1) is 8.49. The van der Waals surface area contributed by atoms with Gasteiger partial charge in [-0.05, 0) is 17.7 Å². The molecule has 1 saturated heterocycles. The van der Waals surface area contributed by atoms with Crippen LogP contribution in [0.25, 0.3) is 0 Å². The van der Waals surface area contributed by atoms with E-state index in [1.165, 1.54) is 17.0 Å². The lowest BCUT2D eigenvalue weighted by molar-refractivity contribution is -0.139. The number of hydrogen-bond acceptors (Lipinski definition) is 3. The summed E-state index contributed by atoms with van der Waals surface area (Å²) in [6.07, 6.45) is 0.234. The Morgan fingerprint density at radius 1 is 1.44 bits per heavy atom. The van der Waals surface area contributed by atoms with Gasteiger partial charge < -0.3 is 5.11 Å². The van der Waals surface area contributed by atoms with Crippen molar-refractivity contribution in [3.8, 4) is 0 Å². The average Bonchev–Trinajstić information content (AvgIpc) is 2.56. The lowest BCUT2D eigenvalue weighted by Crippen LogP contribution is -2.29. The molecule has 94 valence electrons. The van der Waals surface area contributed by atoms with Gasteiger partial charge in [-0.1, -0.05) is 19.1 Å². The Labute approximate surface area is 104 Å². The third-order valence-electron chi connectivity index (χ3n) is 2.98. The van der Waals surface area contributed by atoms with Crippen LogP contribution in [0, 0.1) is 5.92 Å². The second kappa shape index (κ2) is 4.60. The van der Waals surface area contributed by atoms with Gasteiger partial charge in [0.05, 0.1) is 12.1 Å². The molecule has 1 atom stereocenters. The molecule has 1 aliphatic heterocycles. The SMILES string of the molecule is CC1CC(=O)N(Cc2cccc(C(=O)O)c2)C1=O. The molecule has 2 amide bonds. The minimum Gasteiger partial charge on any atom is -0.478 e. The quantitative estimate of drug-likeness (QED) is 0.816. The number of carboxylic acids is 1. The highest BCUT2D eigenvalue weighted by molar-refractivity contribution is 6.03. The van der Waals surface area contributed by atoms with Crippen molar-refractivity contribution in [2.75, 3.05) is 0 Å². The topological polar surface area (TPSA) is 74.7 Å². The Balaban J connectivity index is 2.19. The highest BCUT2D eigenvalue weighted by Gasteiger charge is 2.35. The fraction of sp³-hybridized carbons (Fsp3) is 0.308. The van der Waals surface area contributed by atoms with Gasteiger partial charge in [-0.2, -0.15) is 0 Å². The molecule has 2 rings (SSSR count). The fourth-order valence-corrected chi connectivity index (χ4v) is 2.00. The van der Waals surface area contributed by atoms with Gasteiger partial charge in [0.1, 0.15) is 0 Å². The van der Waals surface area contributed by atoms with Crippen molar-refractivity contribution in [2.24, 2.45) is 5.92 Å². The van der Waals surface area contributed by atoms with E-state index >= 15 is 0 Å². The van der Waals surface area contributed by atoms with E-state index in [-0.39, 0.29) is 36.3 Å². The standard InChI is InChI=1S/C13H13NO4/c1-8-5-11(15)14(12(8)16)7-9-3-2-4-10(6-9)13(17)18/h2-4,6,8H,5,7H2,1H3,(H,17,18). The first-order valence-electron chi connectivity index (χ1n) is 5.65. The molecular formula is C13H13NO4. The van der Waals surface area contributed by atoms with Gasteiger partial charge in [0.15, 0.2) is 0 Å². The number of carbonyl (C=O) groups excluding carboxylic acids is 2. The molecule has 1 aromatic carbocycles. The van der Waals surface area contributed by atoms with Gasteiger partial charge in [0, 0.05) is 12.3 Å². The number of aromatic carboxylic acids is 1. The number of benzene rings is 1. The summed E-state index contributed by atoms with van der Waals surface area (Å²) >= 11 is 0. The molecule has 1 N–H and O–H groups in total. The highest BCUT2D eigenvalue weighted by atomic mass is 16.4. The maximum atomic E-state index is 11.7. The van der Waals surface area contributed by atoms with E-state index in [2.05, 4.69) is 0 Å². The maximum absolute atomic E-state index is 11.7. The van der Waals surface area contributed by atoms with Crippen LogP contribution in [-0.4, -0.2) is 27.8 Å². The number of carbonyl (C=O) groups is 3. The van der Waals surface area contributed by atoms with Crippen LogP contribution < -0.4 is 0 Å². The van der Waals surface area contributed by atoms with Gasteiger partial charge in [0.2, 0.25) is 11.8 Å². The van der Waals surface area contributed by atoms with Crippen LogP contribution in [-0.2, 0) is 16.1 Å². The fourth-order valence-electron chi connectivity index (χ4n) is 2.00. The number of likely N-dealkylation sites (tertiary alicyclic amines) is 1. The zero-order valence-corrected chi connectivity index (χ0v) is 9.92. The molecule has 0 aliphatic carbocycles. The van der Waals surface area contributed by atoms with Crippen LogP contribution >= 0.6 is 0 Å². The Morgan fingerprint density at radius 2 is 2.17 bits per heavy atom. The summed E-state index contributed by atoms with van der Waals surface area (Å²) in [6, 6.07) is 6.26. The van der Waals surface area contributed by atoms with Gasteiger partial charge in [-0.25, -0.2) is 4.79 Å². The summed E-state index contributed by atoms with van der Waals surface area (Å²) in [5.74, 6) is -1.70. The first kappa shape index (κ1) is 12.3. The van der Waals surface area contributed by atoms with Crippen LogP contribution in [0.2, 0.25) is 0 Å². The summed E-state index contributed by atoms with van der Waals surface area (Å²) in [4.78, 5) is 35.3. The molecule has 1 aliphatic rings. The van der Waals surface area contributed by atoms with E-state index in [0.717, 1.165) is 0 Å². The third-order valence-corrected chi connectivity index (χ3v) is 2.98. The third kappa shape index (κ3) is 2.25. The molecule has 1 fully saturated rings. The minimum atomic E-state index is -1.02. The zero-order valence-electron chi connectivity index (χ0n) is 9.92. The minimum absolute atomic E-state index is 0.142. The van der Waals surface area contributed by atoms with E-state index in [1.54, 1.807) is 19.1 Å². The number of amides is 2. The number of nitrogens with zero attached hydrogens (tertiary/aromatic N) is 1. The number of rotatable bonds is 3. The summed E-state index contributed by atoms with van der Waals surface area (Å²) < 4.78 is 0. The predicted octanol–water partition coefficient (Wildman–Crippen LogP) is 1.28. The van der Waals surface area contributed by atoms with Crippen molar-refractivity contribution in [1.82, 2.24) is 4.90 Å². The van der Waals surface area contributed by atoms with Gasteiger partial charge in [0.25, 0.3) is 0 Å². The molecule has 0 aromatic heterocycles. The highest BCUT2D eigenvalue weighted by Crippen LogP contribution is 2.21. The van der Waals surface area contributed by atoms with Crippen molar-refractivity contribution in [3.05, 3.63) is 35.4 Å². The van der Waals surface area contributed by atoms with Crippen LogP contribution in [0.3, 0.4) is 0 Å². The summed E-state index contributed by atoms with van der Waals surface area (Å²) in [5.41, 5.74) is 0.797. The van der Waals surface area contributed by atoms with E-state index < -0.39 is 5.97 Å². The Hall–Kier alpha value is -2.17. The van der Waals surface area contributed by atoms with E-state index in [9.17, 15) is 14.4 Å². The lowest BCUT2D eigenvalue weighted by atomic mass is 10.1. The molecule has 1 unspecified atom stereocenters. The Kier molecular flexibility index (Phi) is 3.14. The van der Waals surface area contributed by atoms with E-state index in [0.29, 0.717) is 5.56 Å². The lowest BCUT2D eigenvalue weighted by Gasteiger charge is -2.14. The van der Waals surface area contributed by atoms with E-state index in [1.807, 2.05) is 0 Å². The number of imide groups is 1. The zero-order chi connectivity index (χ0) is 13.3. The van der Waals surface area contributed by atoms with E-state index in [4.69, 9.17) is 5.11 Å². The average molecular weight is 247 g/mol. The molecule has 0 radical (unpaired) electrons. The smallest absolute Gasteiger partial charge is 0.335 e. The van der Waals surface area contributed by atoms with Crippen LogP contribution in [0.5, 0.6) is 0 Å². The van der Waals surface area contributed by atoms with Crippen LogP contribution in [0.15, 0.2) is 24.3 Å². The molecule has 1 heterocycles. The van der Waals surface area contributed by atoms with Gasteiger partial charge >= 0.3 is 5.97 Å².